The number of aromatic nitrogens is 1. The molecule has 8 aromatic rings. The standard InChI is InChI=1S/C45H32N2/c1-30-8-3-4-11-40(30)42-27-37(17-14-31(42)2)34-20-22-35(23-21-34)38-24-25-45-43(28-38)41-12-5-6-13-44(41)47(45)39-10-7-9-36(26-39)33-18-15-32(29-46)16-19-33/h3-28H,1-2H3. The summed E-state index contributed by atoms with van der Waals surface area (Å²) < 4.78 is 2.36. The number of hydrogen-bond acceptors (Lipinski definition) is 1. The highest BCUT2D eigenvalue weighted by molar-refractivity contribution is 6.10. The van der Waals surface area contributed by atoms with E-state index in [0.29, 0.717) is 5.56 Å². The second-order valence-corrected chi connectivity index (χ2v) is 12.2. The van der Waals surface area contributed by atoms with Crippen LogP contribution in [0.2, 0.25) is 0 Å². The molecule has 47 heavy (non-hydrogen) atoms. The first-order valence-corrected chi connectivity index (χ1v) is 16.0. The van der Waals surface area contributed by atoms with Gasteiger partial charge in [-0.25, -0.2) is 0 Å². The van der Waals surface area contributed by atoms with Gasteiger partial charge >= 0.3 is 0 Å². The van der Waals surface area contributed by atoms with Crippen LogP contribution in [0.25, 0.3) is 72.0 Å². The van der Waals surface area contributed by atoms with Crippen molar-refractivity contribution >= 4 is 21.8 Å². The molecule has 0 radical (unpaired) electrons. The Morgan fingerprint density at radius 1 is 0.426 bits per heavy atom. The van der Waals surface area contributed by atoms with Crippen molar-refractivity contribution in [2.45, 2.75) is 13.8 Å². The van der Waals surface area contributed by atoms with Gasteiger partial charge in [-0.3, -0.25) is 0 Å². The smallest absolute Gasteiger partial charge is 0.0991 e. The zero-order chi connectivity index (χ0) is 31.9. The average Bonchev–Trinajstić information content (AvgIpc) is 3.46. The minimum Gasteiger partial charge on any atom is -0.309 e. The minimum absolute atomic E-state index is 0.667. The second kappa shape index (κ2) is 11.6. The zero-order valence-corrected chi connectivity index (χ0v) is 26.4. The number of fused-ring (bicyclic) bond motifs is 3. The van der Waals surface area contributed by atoms with Gasteiger partial charge in [-0.05, 0) is 118 Å². The van der Waals surface area contributed by atoms with Crippen molar-refractivity contribution in [1.82, 2.24) is 4.57 Å². The number of rotatable bonds is 5. The Hall–Kier alpha value is -6.17. The first-order valence-electron chi connectivity index (χ1n) is 16.0. The van der Waals surface area contributed by atoms with Crippen molar-refractivity contribution in [2.24, 2.45) is 0 Å². The van der Waals surface area contributed by atoms with E-state index in [4.69, 9.17) is 0 Å². The Balaban J connectivity index is 1.17. The molecule has 0 unspecified atom stereocenters. The van der Waals surface area contributed by atoms with Gasteiger partial charge < -0.3 is 4.57 Å². The molecule has 222 valence electrons. The predicted molar refractivity (Wildman–Crippen MR) is 197 cm³/mol. The largest absolute Gasteiger partial charge is 0.309 e. The molecule has 0 aliphatic heterocycles. The van der Waals surface area contributed by atoms with Gasteiger partial charge in [0.25, 0.3) is 0 Å². The molecule has 0 fully saturated rings. The predicted octanol–water partition coefficient (Wildman–Crippen LogP) is 11.9. The topological polar surface area (TPSA) is 28.7 Å². The quantitative estimate of drug-likeness (QED) is 0.193. The summed E-state index contributed by atoms with van der Waals surface area (Å²) in [5, 5.41) is 11.7. The Bertz CT molecular complexity index is 2470. The Labute approximate surface area is 275 Å². The fourth-order valence-corrected chi connectivity index (χ4v) is 6.81. The minimum atomic E-state index is 0.667. The summed E-state index contributed by atoms with van der Waals surface area (Å²) in [6.07, 6.45) is 0. The number of aryl methyl sites for hydroxylation is 2. The van der Waals surface area contributed by atoms with Crippen molar-refractivity contribution in [1.29, 1.82) is 5.26 Å². The van der Waals surface area contributed by atoms with Crippen molar-refractivity contribution in [2.75, 3.05) is 0 Å². The first kappa shape index (κ1) is 28.3. The Morgan fingerprint density at radius 3 is 1.74 bits per heavy atom. The van der Waals surface area contributed by atoms with Gasteiger partial charge in [-0.15, -0.1) is 0 Å². The molecular formula is C45H32N2. The van der Waals surface area contributed by atoms with E-state index in [-0.39, 0.29) is 0 Å². The van der Waals surface area contributed by atoms with Crippen LogP contribution in [0.15, 0.2) is 158 Å². The van der Waals surface area contributed by atoms with Crippen LogP contribution in [0.3, 0.4) is 0 Å². The fraction of sp³-hybridized carbons (Fsp3) is 0.0444. The highest BCUT2D eigenvalue weighted by atomic mass is 15.0. The molecule has 0 saturated carbocycles. The summed E-state index contributed by atoms with van der Waals surface area (Å²) in [5.74, 6) is 0. The molecule has 0 aliphatic rings. The summed E-state index contributed by atoms with van der Waals surface area (Å²) >= 11 is 0. The lowest BCUT2D eigenvalue weighted by Gasteiger charge is -2.12. The zero-order valence-electron chi connectivity index (χ0n) is 26.4. The third-order valence-electron chi connectivity index (χ3n) is 9.35. The van der Waals surface area contributed by atoms with E-state index >= 15 is 0 Å². The molecule has 0 spiro atoms. The molecule has 0 atom stereocenters. The van der Waals surface area contributed by atoms with Crippen LogP contribution in [-0.4, -0.2) is 4.57 Å². The van der Waals surface area contributed by atoms with E-state index in [1.807, 2.05) is 24.3 Å². The molecule has 0 amide bonds. The number of para-hydroxylation sites is 1. The van der Waals surface area contributed by atoms with Crippen LogP contribution < -0.4 is 0 Å². The maximum absolute atomic E-state index is 9.23. The van der Waals surface area contributed by atoms with Crippen LogP contribution in [-0.2, 0) is 0 Å². The molecule has 1 aromatic heterocycles. The summed E-state index contributed by atoms with van der Waals surface area (Å²) in [7, 11) is 0. The molecule has 0 saturated heterocycles. The van der Waals surface area contributed by atoms with E-state index in [0.717, 1.165) is 16.8 Å². The molecule has 1 heterocycles. The number of hydrogen-bond donors (Lipinski definition) is 0. The van der Waals surface area contributed by atoms with Gasteiger partial charge in [0.15, 0.2) is 0 Å². The van der Waals surface area contributed by atoms with Crippen LogP contribution >= 0.6 is 0 Å². The molecule has 0 N–H and O–H groups in total. The highest BCUT2D eigenvalue weighted by Crippen LogP contribution is 2.37. The van der Waals surface area contributed by atoms with Crippen LogP contribution in [0.1, 0.15) is 16.7 Å². The highest BCUT2D eigenvalue weighted by Gasteiger charge is 2.14. The lowest BCUT2D eigenvalue weighted by molar-refractivity contribution is 1.18. The normalized spacial score (nSPS) is 11.2. The van der Waals surface area contributed by atoms with Gasteiger partial charge in [0.05, 0.1) is 22.7 Å². The molecule has 2 heteroatoms. The maximum Gasteiger partial charge on any atom is 0.0991 e. The molecular weight excluding hydrogens is 569 g/mol. The van der Waals surface area contributed by atoms with Gasteiger partial charge in [0.1, 0.15) is 0 Å². The summed E-state index contributed by atoms with van der Waals surface area (Å²) in [4.78, 5) is 0. The van der Waals surface area contributed by atoms with Gasteiger partial charge in [-0.1, -0.05) is 109 Å². The van der Waals surface area contributed by atoms with Crippen LogP contribution in [0, 0.1) is 25.2 Å². The molecule has 2 nitrogen and oxygen atoms in total. The first-order chi connectivity index (χ1) is 23.1. The van der Waals surface area contributed by atoms with Crippen LogP contribution in [0.5, 0.6) is 0 Å². The lowest BCUT2D eigenvalue weighted by atomic mass is 9.92. The van der Waals surface area contributed by atoms with Crippen molar-refractivity contribution in [3.8, 4) is 56.3 Å². The summed E-state index contributed by atoms with van der Waals surface area (Å²) in [5.41, 5.74) is 16.3. The molecule has 0 aliphatic carbocycles. The number of nitrogens with zero attached hydrogens (tertiary/aromatic N) is 2. The average molecular weight is 601 g/mol. The summed E-state index contributed by atoms with van der Waals surface area (Å²) in [6, 6.07) is 58.4. The molecule has 7 aromatic carbocycles. The van der Waals surface area contributed by atoms with Gasteiger partial charge in [0, 0.05) is 16.5 Å². The lowest BCUT2D eigenvalue weighted by Crippen LogP contribution is -1.94. The monoisotopic (exact) mass is 600 g/mol. The summed E-state index contributed by atoms with van der Waals surface area (Å²) in [6.45, 7) is 4.37. The SMILES string of the molecule is Cc1ccccc1-c1cc(-c2ccc(-c3ccc4c(c3)c3ccccc3n4-c3cccc(-c4ccc(C#N)cc4)c3)cc2)ccc1C. The molecule has 0 bridgehead atoms. The Morgan fingerprint density at radius 2 is 1.00 bits per heavy atom. The fourth-order valence-electron chi connectivity index (χ4n) is 6.81. The second-order valence-electron chi connectivity index (χ2n) is 12.2. The number of benzene rings is 7. The van der Waals surface area contributed by atoms with Crippen molar-refractivity contribution in [3.63, 3.8) is 0 Å². The molecule has 8 rings (SSSR count). The van der Waals surface area contributed by atoms with E-state index in [9.17, 15) is 5.26 Å². The third kappa shape index (κ3) is 5.09. The van der Waals surface area contributed by atoms with E-state index in [1.54, 1.807) is 0 Å². The van der Waals surface area contributed by atoms with Gasteiger partial charge in [0.2, 0.25) is 0 Å². The van der Waals surface area contributed by atoms with E-state index in [2.05, 4.69) is 158 Å². The van der Waals surface area contributed by atoms with Crippen LogP contribution in [0.4, 0.5) is 0 Å². The van der Waals surface area contributed by atoms with Crippen molar-refractivity contribution < 1.29 is 0 Å². The van der Waals surface area contributed by atoms with E-state index in [1.165, 1.54) is 66.3 Å². The maximum atomic E-state index is 9.23. The number of nitriles is 1. The van der Waals surface area contributed by atoms with Crippen molar-refractivity contribution in [3.05, 3.63) is 174 Å². The van der Waals surface area contributed by atoms with E-state index < -0.39 is 0 Å². The van der Waals surface area contributed by atoms with Gasteiger partial charge in [-0.2, -0.15) is 5.26 Å². The Kier molecular flexibility index (Phi) is 7.01. The third-order valence-corrected chi connectivity index (χ3v) is 9.35.